The molecule has 0 bridgehead atoms. The summed E-state index contributed by atoms with van der Waals surface area (Å²) in [5.74, 6) is 2.59. The Morgan fingerprint density at radius 3 is 2.80 bits per heavy atom. The van der Waals surface area contributed by atoms with Crippen molar-refractivity contribution in [1.82, 2.24) is 25.0 Å². The molecule has 6 heteroatoms. The number of nitrogens with one attached hydrogen (secondary N) is 1. The van der Waals surface area contributed by atoms with E-state index in [1.54, 1.807) is 0 Å². The first-order valence-corrected chi connectivity index (χ1v) is 9.16. The lowest BCUT2D eigenvalue weighted by Crippen LogP contribution is -2.45. The molecule has 25 heavy (non-hydrogen) atoms. The van der Waals surface area contributed by atoms with Crippen LogP contribution in [0.25, 0.3) is 0 Å². The molecule has 0 radical (unpaired) electrons. The molecule has 1 aliphatic heterocycles. The Labute approximate surface area is 148 Å². The van der Waals surface area contributed by atoms with Crippen molar-refractivity contribution in [3.63, 3.8) is 0 Å². The van der Waals surface area contributed by atoms with Gasteiger partial charge in [-0.25, -0.2) is 4.98 Å². The van der Waals surface area contributed by atoms with E-state index >= 15 is 0 Å². The topological polar surface area (TPSA) is 63.1 Å². The molecule has 132 valence electrons. The fraction of sp³-hybridized carbons (Fsp3) is 0.526. The van der Waals surface area contributed by atoms with E-state index in [1.165, 1.54) is 18.4 Å². The van der Waals surface area contributed by atoms with Crippen LogP contribution in [-0.2, 0) is 24.8 Å². The average molecular weight is 339 g/mol. The lowest BCUT2D eigenvalue weighted by molar-refractivity contribution is -0.125. The molecule has 1 unspecified atom stereocenters. The van der Waals surface area contributed by atoms with Gasteiger partial charge in [-0.15, -0.1) is 0 Å². The highest BCUT2D eigenvalue weighted by atomic mass is 16.2. The van der Waals surface area contributed by atoms with E-state index in [9.17, 15) is 4.79 Å². The van der Waals surface area contributed by atoms with Gasteiger partial charge in [0.2, 0.25) is 5.91 Å². The number of benzene rings is 1. The lowest BCUT2D eigenvalue weighted by Gasteiger charge is -2.27. The third kappa shape index (κ3) is 3.74. The zero-order valence-corrected chi connectivity index (χ0v) is 14.7. The van der Waals surface area contributed by atoms with Crippen LogP contribution in [0.5, 0.6) is 0 Å². The first kappa shape index (κ1) is 16.3. The second-order valence-corrected chi connectivity index (χ2v) is 7.10. The third-order valence-corrected chi connectivity index (χ3v) is 5.09. The van der Waals surface area contributed by atoms with E-state index < -0.39 is 0 Å². The summed E-state index contributed by atoms with van der Waals surface area (Å²) in [5, 5.41) is 7.62. The Bertz CT molecular complexity index is 738. The quantitative estimate of drug-likeness (QED) is 0.899. The molecule has 1 amide bonds. The van der Waals surface area contributed by atoms with Crippen molar-refractivity contribution in [1.29, 1.82) is 0 Å². The van der Waals surface area contributed by atoms with Crippen LogP contribution in [0, 0.1) is 0 Å². The van der Waals surface area contributed by atoms with Crippen molar-refractivity contribution in [3.8, 4) is 0 Å². The van der Waals surface area contributed by atoms with Crippen LogP contribution in [0.1, 0.15) is 42.4 Å². The SMILES string of the molecule is Cn1nc(C2CC2)nc1CN1CCCNC(=O)C1Cc1ccccc1. The number of aryl methyl sites for hydroxylation is 1. The van der Waals surface area contributed by atoms with E-state index in [0.29, 0.717) is 12.5 Å². The Kier molecular flexibility index (Phi) is 4.53. The molecule has 2 heterocycles. The van der Waals surface area contributed by atoms with E-state index in [4.69, 9.17) is 4.98 Å². The summed E-state index contributed by atoms with van der Waals surface area (Å²) in [6.07, 6.45) is 4.09. The molecular weight excluding hydrogens is 314 g/mol. The molecular formula is C19H25N5O. The number of hydrogen-bond acceptors (Lipinski definition) is 4. The highest BCUT2D eigenvalue weighted by Crippen LogP contribution is 2.38. The zero-order valence-electron chi connectivity index (χ0n) is 14.7. The minimum Gasteiger partial charge on any atom is -0.355 e. The normalized spacial score (nSPS) is 21.8. The Morgan fingerprint density at radius 1 is 1.24 bits per heavy atom. The largest absolute Gasteiger partial charge is 0.355 e. The van der Waals surface area contributed by atoms with Crippen molar-refractivity contribution >= 4 is 5.91 Å². The van der Waals surface area contributed by atoms with Gasteiger partial charge in [-0.3, -0.25) is 14.4 Å². The first-order valence-electron chi connectivity index (χ1n) is 9.16. The Balaban J connectivity index is 1.54. The van der Waals surface area contributed by atoms with Gasteiger partial charge in [0.15, 0.2) is 5.82 Å². The number of hydrogen-bond donors (Lipinski definition) is 1. The van der Waals surface area contributed by atoms with Crippen LogP contribution in [-0.4, -0.2) is 44.7 Å². The fourth-order valence-corrected chi connectivity index (χ4v) is 3.45. The van der Waals surface area contributed by atoms with E-state index in [2.05, 4.69) is 27.4 Å². The summed E-state index contributed by atoms with van der Waals surface area (Å²) in [7, 11) is 1.96. The van der Waals surface area contributed by atoms with E-state index in [0.717, 1.165) is 37.6 Å². The molecule has 1 aromatic carbocycles. The van der Waals surface area contributed by atoms with Crippen molar-refractivity contribution in [2.24, 2.45) is 7.05 Å². The molecule has 1 N–H and O–H groups in total. The van der Waals surface area contributed by atoms with Gasteiger partial charge < -0.3 is 5.32 Å². The molecule has 1 aliphatic carbocycles. The van der Waals surface area contributed by atoms with Gasteiger partial charge in [-0.2, -0.15) is 5.10 Å². The van der Waals surface area contributed by atoms with Crippen LogP contribution in [0.3, 0.4) is 0 Å². The summed E-state index contributed by atoms with van der Waals surface area (Å²) in [5.41, 5.74) is 1.19. The lowest BCUT2D eigenvalue weighted by atomic mass is 10.0. The second-order valence-electron chi connectivity index (χ2n) is 7.10. The van der Waals surface area contributed by atoms with Gasteiger partial charge in [0, 0.05) is 26.1 Å². The fourth-order valence-electron chi connectivity index (χ4n) is 3.45. The molecule has 1 saturated heterocycles. The Hall–Kier alpha value is -2.21. The van der Waals surface area contributed by atoms with Gasteiger partial charge in [0.25, 0.3) is 0 Å². The number of carbonyl (C=O) groups is 1. The number of nitrogens with zero attached hydrogens (tertiary/aromatic N) is 4. The summed E-state index contributed by atoms with van der Waals surface area (Å²) in [6, 6.07) is 10.1. The monoisotopic (exact) mass is 339 g/mol. The number of rotatable bonds is 5. The van der Waals surface area contributed by atoms with Gasteiger partial charge in [-0.1, -0.05) is 30.3 Å². The molecule has 1 aromatic heterocycles. The molecule has 0 spiro atoms. The maximum Gasteiger partial charge on any atom is 0.237 e. The molecule has 4 rings (SSSR count). The predicted octanol–water partition coefficient (Wildman–Crippen LogP) is 1.63. The van der Waals surface area contributed by atoms with Gasteiger partial charge in [0.1, 0.15) is 5.82 Å². The van der Waals surface area contributed by atoms with Crippen LogP contribution in [0.4, 0.5) is 0 Å². The average Bonchev–Trinajstić information content (AvgIpc) is 3.42. The van der Waals surface area contributed by atoms with Gasteiger partial charge >= 0.3 is 0 Å². The number of amides is 1. The van der Waals surface area contributed by atoms with E-state index in [-0.39, 0.29) is 11.9 Å². The summed E-state index contributed by atoms with van der Waals surface area (Å²) >= 11 is 0. The van der Waals surface area contributed by atoms with Gasteiger partial charge in [-0.05, 0) is 31.2 Å². The first-order chi connectivity index (χ1) is 12.2. The van der Waals surface area contributed by atoms with Crippen LogP contribution < -0.4 is 5.32 Å². The van der Waals surface area contributed by atoms with Crippen LogP contribution >= 0.6 is 0 Å². The smallest absolute Gasteiger partial charge is 0.237 e. The Morgan fingerprint density at radius 2 is 2.04 bits per heavy atom. The zero-order chi connectivity index (χ0) is 17.2. The van der Waals surface area contributed by atoms with Crippen molar-refractivity contribution in [2.75, 3.05) is 13.1 Å². The summed E-state index contributed by atoms with van der Waals surface area (Å²) in [6.45, 7) is 2.30. The molecule has 1 atom stereocenters. The molecule has 6 nitrogen and oxygen atoms in total. The maximum absolute atomic E-state index is 12.6. The number of carbonyl (C=O) groups excluding carboxylic acids is 1. The van der Waals surface area contributed by atoms with Gasteiger partial charge in [0.05, 0.1) is 12.6 Å². The summed E-state index contributed by atoms with van der Waals surface area (Å²) < 4.78 is 1.88. The van der Waals surface area contributed by atoms with Crippen LogP contribution in [0.15, 0.2) is 30.3 Å². The molecule has 2 aromatic rings. The summed E-state index contributed by atoms with van der Waals surface area (Å²) in [4.78, 5) is 19.6. The van der Waals surface area contributed by atoms with Crippen LogP contribution in [0.2, 0.25) is 0 Å². The highest BCUT2D eigenvalue weighted by molar-refractivity contribution is 5.82. The van der Waals surface area contributed by atoms with Crippen molar-refractivity contribution in [3.05, 3.63) is 47.5 Å². The third-order valence-electron chi connectivity index (χ3n) is 5.09. The molecule has 2 fully saturated rings. The van der Waals surface area contributed by atoms with Crippen molar-refractivity contribution < 1.29 is 4.79 Å². The molecule has 1 saturated carbocycles. The minimum atomic E-state index is -0.161. The number of aromatic nitrogens is 3. The molecule has 2 aliphatic rings. The maximum atomic E-state index is 12.6. The second kappa shape index (κ2) is 6.96. The standard InChI is InChI=1S/C19H25N5O/c1-23-17(21-18(22-23)15-8-9-15)13-24-11-5-10-20-19(25)16(24)12-14-6-3-2-4-7-14/h2-4,6-7,15-16H,5,8-13H2,1H3,(H,20,25). The van der Waals surface area contributed by atoms with E-state index in [1.807, 2.05) is 29.9 Å². The predicted molar refractivity (Wildman–Crippen MR) is 94.9 cm³/mol. The van der Waals surface area contributed by atoms with Crippen molar-refractivity contribution in [2.45, 2.75) is 44.2 Å². The minimum absolute atomic E-state index is 0.117. The highest BCUT2D eigenvalue weighted by Gasteiger charge is 2.31.